The summed E-state index contributed by atoms with van der Waals surface area (Å²) in [4.78, 5) is 1.35. The van der Waals surface area contributed by atoms with Crippen LogP contribution in [0.5, 0.6) is 0 Å². The molecule has 2 aromatic rings. The Morgan fingerprint density at radius 1 is 0.864 bits per heavy atom. The summed E-state index contributed by atoms with van der Waals surface area (Å²) in [6.45, 7) is 3.73. The van der Waals surface area contributed by atoms with Crippen LogP contribution in [0.1, 0.15) is 30.4 Å². The van der Waals surface area contributed by atoms with Gasteiger partial charge in [0, 0.05) is 17.3 Å². The van der Waals surface area contributed by atoms with E-state index in [4.69, 9.17) is 4.74 Å². The van der Waals surface area contributed by atoms with Crippen molar-refractivity contribution in [2.24, 2.45) is 0 Å². The molecule has 0 saturated carbocycles. The average Bonchev–Trinajstić information content (AvgIpc) is 2.56. The van der Waals surface area contributed by atoms with Crippen LogP contribution >= 0.6 is 21.6 Å². The lowest BCUT2D eigenvalue weighted by Crippen LogP contribution is -1.95. The van der Waals surface area contributed by atoms with E-state index in [0.29, 0.717) is 0 Å². The van der Waals surface area contributed by atoms with Gasteiger partial charge in [-0.15, -0.1) is 0 Å². The molecule has 2 rings (SSSR count). The molecule has 0 bridgehead atoms. The molecule has 22 heavy (non-hydrogen) atoms. The molecule has 0 fully saturated rings. The van der Waals surface area contributed by atoms with Gasteiger partial charge in [-0.2, -0.15) is 0 Å². The van der Waals surface area contributed by atoms with E-state index in [1.54, 1.807) is 0 Å². The first-order valence-corrected chi connectivity index (χ1v) is 10.1. The first-order valence-electron chi connectivity index (χ1n) is 7.82. The van der Waals surface area contributed by atoms with Gasteiger partial charge < -0.3 is 4.74 Å². The summed E-state index contributed by atoms with van der Waals surface area (Å²) in [7, 11) is 3.83. The molecular weight excluding hydrogens is 308 g/mol. The fourth-order valence-corrected chi connectivity index (χ4v) is 4.14. The van der Waals surface area contributed by atoms with Gasteiger partial charge in [0.25, 0.3) is 0 Å². The molecule has 0 aliphatic rings. The number of unbranched alkanes of at least 4 members (excludes halogenated alkanes) is 2. The summed E-state index contributed by atoms with van der Waals surface area (Å²) >= 11 is 0. The molecule has 0 radical (unpaired) electrons. The number of aryl methyl sites for hydroxylation is 1. The Kier molecular flexibility index (Phi) is 8.54. The summed E-state index contributed by atoms with van der Waals surface area (Å²) in [6, 6.07) is 19.1. The summed E-state index contributed by atoms with van der Waals surface area (Å²) < 4.78 is 5.69. The molecule has 0 atom stereocenters. The summed E-state index contributed by atoms with van der Waals surface area (Å²) in [5.41, 5.74) is 2.58. The minimum Gasteiger partial charge on any atom is -0.377 e. The van der Waals surface area contributed by atoms with E-state index in [0.717, 1.165) is 19.6 Å². The van der Waals surface area contributed by atoms with Crippen molar-refractivity contribution < 1.29 is 4.74 Å². The van der Waals surface area contributed by atoms with Crippen LogP contribution in [0.15, 0.2) is 59.5 Å². The van der Waals surface area contributed by atoms with E-state index in [1.807, 2.05) is 27.7 Å². The van der Waals surface area contributed by atoms with Gasteiger partial charge in [0.1, 0.15) is 0 Å². The van der Waals surface area contributed by atoms with Crippen LogP contribution in [0.25, 0.3) is 0 Å². The van der Waals surface area contributed by atoms with Crippen LogP contribution in [0, 0.1) is 6.92 Å². The predicted molar refractivity (Wildman–Crippen MR) is 99.4 cm³/mol. The molecule has 0 heterocycles. The van der Waals surface area contributed by atoms with Crippen molar-refractivity contribution in [3.63, 3.8) is 0 Å². The van der Waals surface area contributed by atoms with Crippen molar-refractivity contribution in [2.45, 2.75) is 37.7 Å². The molecule has 0 spiro atoms. The Bertz CT molecular complexity index is 511. The molecule has 3 heteroatoms. The third kappa shape index (κ3) is 7.39. The van der Waals surface area contributed by atoms with Crippen molar-refractivity contribution >= 4 is 21.6 Å². The van der Waals surface area contributed by atoms with Crippen LogP contribution in [0.4, 0.5) is 0 Å². The normalized spacial score (nSPS) is 10.8. The fourth-order valence-electron chi connectivity index (χ4n) is 2.01. The highest BCUT2D eigenvalue weighted by Crippen LogP contribution is 2.31. The smallest absolute Gasteiger partial charge is 0.0716 e. The molecular formula is C19H24OS2. The molecule has 118 valence electrons. The number of hydrogen-bond donors (Lipinski definition) is 0. The van der Waals surface area contributed by atoms with Crippen LogP contribution < -0.4 is 0 Å². The molecule has 0 amide bonds. The minimum absolute atomic E-state index is 0.735. The zero-order valence-corrected chi connectivity index (χ0v) is 14.8. The van der Waals surface area contributed by atoms with Gasteiger partial charge in [-0.3, -0.25) is 0 Å². The van der Waals surface area contributed by atoms with Gasteiger partial charge in [0.15, 0.2) is 0 Å². The Morgan fingerprint density at radius 3 is 2.41 bits per heavy atom. The van der Waals surface area contributed by atoms with Gasteiger partial charge >= 0.3 is 0 Å². The third-order valence-corrected chi connectivity index (χ3v) is 5.77. The molecule has 0 aliphatic heterocycles. The van der Waals surface area contributed by atoms with Crippen LogP contribution in [0.3, 0.4) is 0 Å². The fraction of sp³-hybridized carbons (Fsp3) is 0.368. The number of rotatable bonds is 10. The van der Waals surface area contributed by atoms with E-state index in [1.165, 1.54) is 34.6 Å². The summed E-state index contributed by atoms with van der Waals surface area (Å²) in [5, 5.41) is 0. The molecule has 0 aliphatic carbocycles. The standard InChI is InChI=1S/C19H24OS2/c1-17-10-12-19(13-11-17)22-21-15-7-3-6-14-20-16-18-8-4-2-5-9-18/h2,4-5,8-13H,3,6-7,14-16H2,1H3. The molecule has 0 N–H and O–H groups in total. The summed E-state index contributed by atoms with van der Waals surface area (Å²) in [6.07, 6.45) is 3.66. The second-order valence-electron chi connectivity index (χ2n) is 5.32. The van der Waals surface area contributed by atoms with Gasteiger partial charge in [-0.1, -0.05) is 76.0 Å². The second-order valence-corrected chi connectivity index (χ2v) is 7.81. The summed E-state index contributed by atoms with van der Waals surface area (Å²) in [5.74, 6) is 1.21. The Balaban J connectivity index is 1.42. The lowest BCUT2D eigenvalue weighted by molar-refractivity contribution is 0.117. The van der Waals surface area contributed by atoms with E-state index in [2.05, 4.69) is 55.5 Å². The maximum atomic E-state index is 5.69. The largest absolute Gasteiger partial charge is 0.377 e. The van der Waals surface area contributed by atoms with Crippen molar-refractivity contribution in [2.75, 3.05) is 12.4 Å². The number of ether oxygens (including phenoxy) is 1. The highest BCUT2D eigenvalue weighted by molar-refractivity contribution is 8.76. The van der Waals surface area contributed by atoms with Crippen molar-refractivity contribution in [3.8, 4) is 0 Å². The minimum atomic E-state index is 0.735. The van der Waals surface area contributed by atoms with E-state index in [-0.39, 0.29) is 0 Å². The zero-order chi connectivity index (χ0) is 15.5. The first kappa shape index (κ1) is 17.5. The lowest BCUT2D eigenvalue weighted by atomic mass is 10.2. The average molecular weight is 333 g/mol. The van der Waals surface area contributed by atoms with Crippen molar-refractivity contribution in [1.29, 1.82) is 0 Å². The van der Waals surface area contributed by atoms with Crippen LogP contribution in [-0.4, -0.2) is 12.4 Å². The Morgan fingerprint density at radius 2 is 1.64 bits per heavy atom. The van der Waals surface area contributed by atoms with Crippen molar-refractivity contribution in [3.05, 3.63) is 65.7 Å². The number of hydrogen-bond acceptors (Lipinski definition) is 3. The highest BCUT2D eigenvalue weighted by atomic mass is 33.1. The van der Waals surface area contributed by atoms with E-state index >= 15 is 0 Å². The highest BCUT2D eigenvalue weighted by Gasteiger charge is 1.96. The quantitative estimate of drug-likeness (QED) is 0.383. The third-order valence-electron chi connectivity index (χ3n) is 3.30. The maximum Gasteiger partial charge on any atom is 0.0716 e. The first-order chi connectivity index (χ1) is 10.8. The topological polar surface area (TPSA) is 9.23 Å². The second kappa shape index (κ2) is 10.8. The molecule has 0 unspecified atom stereocenters. The van der Waals surface area contributed by atoms with Crippen molar-refractivity contribution in [1.82, 2.24) is 0 Å². The van der Waals surface area contributed by atoms with Gasteiger partial charge in [0.2, 0.25) is 0 Å². The van der Waals surface area contributed by atoms with Crippen LogP contribution in [-0.2, 0) is 11.3 Å². The van der Waals surface area contributed by atoms with Gasteiger partial charge in [-0.05, 0) is 37.5 Å². The van der Waals surface area contributed by atoms with E-state index in [9.17, 15) is 0 Å². The SMILES string of the molecule is Cc1ccc(SSCCCCCOCc2ccccc2)cc1. The molecule has 0 saturated heterocycles. The molecule has 0 aromatic heterocycles. The Labute approximate surface area is 142 Å². The Hall–Kier alpha value is -0.900. The van der Waals surface area contributed by atoms with E-state index < -0.39 is 0 Å². The monoisotopic (exact) mass is 332 g/mol. The predicted octanol–water partition coefficient (Wildman–Crippen LogP) is 6.12. The lowest BCUT2D eigenvalue weighted by Gasteiger charge is -2.05. The van der Waals surface area contributed by atoms with Crippen LogP contribution in [0.2, 0.25) is 0 Å². The number of benzene rings is 2. The molecule has 1 nitrogen and oxygen atoms in total. The maximum absolute atomic E-state index is 5.69. The zero-order valence-electron chi connectivity index (χ0n) is 13.2. The molecule has 2 aromatic carbocycles. The van der Waals surface area contributed by atoms with Gasteiger partial charge in [-0.25, -0.2) is 0 Å². The van der Waals surface area contributed by atoms with Gasteiger partial charge in [0.05, 0.1) is 6.61 Å².